The maximum Gasteiger partial charge on any atom is 0.407 e. The fourth-order valence-electron chi connectivity index (χ4n) is 1.48. The van der Waals surface area contributed by atoms with Crippen LogP contribution in [0.25, 0.3) is 0 Å². The van der Waals surface area contributed by atoms with Crippen molar-refractivity contribution >= 4 is 6.09 Å². The number of hydrogen-bond donors (Lipinski definition) is 1. The Kier molecular flexibility index (Phi) is 5.36. The van der Waals surface area contributed by atoms with Gasteiger partial charge in [-0.3, -0.25) is 0 Å². The van der Waals surface area contributed by atoms with Crippen molar-refractivity contribution in [1.82, 2.24) is 5.32 Å². The van der Waals surface area contributed by atoms with E-state index in [-0.39, 0.29) is 6.04 Å². The molecule has 1 aromatic carbocycles. The first-order valence-corrected chi connectivity index (χ1v) is 5.13. The first kappa shape index (κ1) is 12.5. The Labute approximate surface area is 95.6 Å². The smallest absolute Gasteiger partial charge is 0.407 e. The minimum Gasteiger partial charge on any atom is -0.453 e. The number of carbonyl (C=O) groups excluding carboxylic acids is 1. The Morgan fingerprint density at radius 1 is 1.31 bits per heavy atom. The van der Waals surface area contributed by atoms with Crippen LogP contribution >= 0.6 is 0 Å². The van der Waals surface area contributed by atoms with Crippen LogP contribution in [0.15, 0.2) is 30.3 Å². The van der Waals surface area contributed by atoms with Crippen LogP contribution in [0, 0.1) is 0 Å². The number of benzene rings is 1. The molecule has 0 aromatic heterocycles. The van der Waals surface area contributed by atoms with Crippen LogP contribution in [-0.4, -0.2) is 33.0 Å². The first-order chi connectivity index (χ1) is 7.76. The van der Waals surface area contributed by atoms with Crippen LogP contribution in [0.3, 0.4) is 0 Å². The lowest BCUT2D eigenvalue weighted by Gasteiger charge is -2.17. The van der Waals surface area contributed by atoms with Gasteiger partial charge in [0.15, 0.2) is 0 Å². The molecular formula is C12H17NO3. The highest BCUT2D eigenvalue weighted by Gasteiger charge is 2.12. The van der Waals surface area contributed by atoms with Gasteiger partial charge < -0.3 is 14.8 Å². The molecule has 88 valence electrons. The Balaban J connectivity index is 2.54. The highest BCUT2D eigenvalue weighted by Crippen LogP contribution is 2.03. The minimum atomic E-state index is -0.432. The maximum absolute atomic E-state index is 11.1. The molecule has 16 heavy (non-hydrogen) atoms. The Hall–Kier alpha value is -1.55. The summed E-state index contributed by atoms with van der Waals surface area (Å²) in [4.78, 5) is 11.1. The fourth-order valence-corrected chi connectivity index (χ4v) is 1.48. The molecule has 0 aliphatic carbocycles. The van der Waals surface area contributed by atoms with E-state index in [2.05, 4.69) is 10.1 Å². The van der Waals surface area contributed by atoms with Gasteiger partial charge in [0.25, 0.3) is 0 Å². The van der Waals surface area contributed by atoms with Gasteiger partial charge in [-0.2, -0.15) is 0 Å². The Morgan fingerprint density at radius 2 is 2.00 bits per heavy atom. The predicted molar refractivity (Wildman–Crippen MR) is 61.4 cm³/mol. The minimum absolute atomic E-state index is 0.0696. The van der Waals surface area contributed by atoms with Gasteiger partial charge in [-0.15, -0.1) is 0 Å². The van der Waals surface area contributed by atoms with E-state index in [1.165, 1.54) is 7.11 Å². The van der Waals surface area contributed by atoms with Gasteiger partial charge in [-0.25, -0.2) is 4.79 Å². The Morgan fingerprint density at radius 3 is 2.56 bits per heavy atom. The number of nitrogens with one attached hydrogen (secondary N) is 1. The lowest BCUT2D eigenvalue weighted by Crippen LogP contribution is -2.39. The van der Waals surface area contributed by atoms with Crippen molar-refractivity contribution in [2.24, 2.45) is 0 Å². The number of methoxy groups -OCH3 is 2. The molecule has 0 spiro atoms. The van der Waals surface area contributed by atoms with Crippen LogP contribution < -0.4 is 5.32 Å². The molecule has 4 heteroatoms. The van der Waals surface area contributed by atoms with Crippen LogP contribution in [0.5, 0.6) is 0 Å². The summed E-state index contributed by atoms with van der Waals surface area (Å²) in [6.45, 7) is 0.462. The first-order valence-electron chi connectivity index (χ1n) is 5.13. The number of rotatable bonds is 5. The zero-order valence-electron chi connectivity index (χ0n) is 9.60. The second-order valence-corrected chi connectivity index (χ2v) is 3.48. The quantitative estimate of drug-likeness (QED) is 0.824. The van der Waals surface area contributed by atoms with Gasteiger partial charge in [0.2, 0.25) is 0 Å². The highest BCUT2D eigenvalue weighted by molar-refractivity contribution is 5.67. The predicted octanol–water partition coefficient (Wildman–Crippen LogP) is 1.60. The molecular weight excluding hydrogens is 206 g/mol. The van der Waals surface area contributed by atoms with Gasteiger partial charge in [0.1, 0.15) is 0 Å². The zero-order chi connectivity index (χ0) is 11.8. The van der Waals surface area contributed by atoms with Crippen molar-refractivity contribution < 1.29 is 14.3 Å². The second-order valence-electron chi connectivity index (χ2n) is 3.48. The third-order valence-corrected chi connectivity index (χ3v) is 2.20. The third-order valence-electron chi connectivity index (χ3n) is 2.20. The van der Waals surface area contributed by atoms with Gasteiger partial charge in [-0.05, 0) is 12.0 Å². The van der Waals surface area contributed by atoms with Crippen molar-refractivity contribution in [2.45, 2.75) is 12.5 Å². The molecule has 0 fully saturated rings. The third kappa shape index (κ3) is 4.31. The summed E-state index contributed by atoms with van der Waals surface area (Å²) in [7, 11) is 2.96. The van der Waals surface area contributed by atoms with Crippen molar-refractivity contribution in [3.05, 3.63) is 35.9 Å². The molecule has 1 N–H and O–H groups in total. The SMILES string of the molecule is COCC(Cc1ccccc1)NC(=O)OC. The van der Waals surface area contributed by atoms with Crippen LogP contribution in [0.2, 0.25) is 0 Å². The number of amides is 1. The summed E-state index contributed by atoms with van der Waals surface area (Å²) < 4.78 is 9.61. The monoisotopic (exact) mass is 223 g/mol. The average Bonchev–Trinajstić information content (AvgIpc) is 2.30. The molecule has 0 heterocycles. The molecule has 1 unspecified atom stereocenters. The van der Waals surface area contributed by atoms with Crippen LogP contribution in [0.1, 0.15) is 5.56 Å². The molecule has 1 amide bonds. The van der Waals surface area contributed by atoms with Crippen LogP contribution in [0.4, 0.5) is 4.79 Å². The summed E-state index contributed by atoms with van der Waals surface area (Å²) >= 11 is 0. The van der Waals surface area contributed by atoms with Crippen molar-refractivity contribution in [2.75, 3.05) is 20.8 Å². The molecule has 1 atom stereocenters. The number of ether oxygens (including phenoxy) is 2. The zero-order valence-corrected chi connectivity index (χ0v) is 9.60. The molecule has 0 radical (unpaired) electrons. The largest absolute Gasteiger partial charge is 0.453 e. The highest BCUT2D eigenvalue weighted by atomic mass is 16.5. The van der Waals surface area contributed by atoms with Crippen molar-refractivity contribution in [3.8, 4) is 0 Å². The van der Waals surface area contributed by atoms with E-state index in [0.29, 0.717) is 6.61 Å². The van der Waals surface area contributed by atoms with E-state index in [4.69, 9.17) is 4.74 Å². The summed E-state index contributed by atoms with van der Waals surface area (Å²) in [6.07, 6.45) is 0.294. The lowest BCUT2D eigenvalue weighted by atomic mass is 10.1. The normalized spacial score (nSPS) is 11.9. The van der Waals surface area contributed by atoms with E-state index in [9.17, 15) is 4.79 Å². The van der Waals surface area contributed by atoms with Crippen LogP contribution in [-0.2, 0) is 15.9 Å². The van der Waals surface area contributed by atoms with Gasteiger partial charge in [-0.1, -0.05) is 30.3 Å². The molecule has 0 aliphatic heterocycles. The molecule has 4 nitrogen and oxygen atoms in total. The van der Waals surface area contributed by atoms with E-state index in [1.807, 2.05) is 30.3 Å². The molecule has 1 rings (SSSR count). The van der Waals surface area contributed by atoms with E-state index in [0.717, 1.165) is 12.0 Å². The number of alkyl carbamates (subject to hydrolysis) is 1. The molecule has 0 saturated carbocycles. The topological polar surface area (TPSA) is 47.6 Å². The lowest BCUT2D eigenvalue weighted by molar-refractivity contribution is 0.140. The van der Waals surface area contributed by atoms with E-state index < -0.39 is 6.09 Å². The number of hydrogen-bond acceptors (Lipinski definition) is 3. The second kappa shape index (κ2) is 6.85. The van der Waals surface area contributed by atoms with Crippen molar-refractivity contribution in [1.29, 1.82) is 0 Å². The van der Waals surface area contributed by atoms with Crippen molar-refractivity contribution in [3.63, 3.8) is 0 Å². The average molecular weight is 223 g/mol. The standard InChI is InChI=1S/C12H17NO3/c1-15-9-11(13-12(14)16-2)8-10-6-4-3-5-7-10/h3-7,11H,8-9H2,1-2H3,(H,13,14). The van der Waals surface area contributed by atoms with Gasteiger partial charge in [0, 0.05) is 7.11 Å². The van der Waals surface area contributed by atoms with Gasteiger partial charge >= 0.3 is 6.09 Å². The molecule has 0 saturated heterocycles. The Bertz CT molecular complexity index is 313. The fraction of sp³-hybridized carbons (Fsp3) is 0.417. The van der Waals surface area contributed by atoms with E-state index >= 15 is 0 Å². The molecule has 0 bridgehead atoms. The van der Waals surface area contributed by atoms with Gasteiger partial charge in [0.05, 0.1) is 19.8 Å². The maximum atomic E-state index is 11.1. The number of carbonyl (C=O) groups is 1. The molecule has 0 aliphatic rings. The summed E-state index contributed by atoms with van der Waals surface area (Å²) in [5, 5.41) is 2.73. The summed E-state index contributed by atoms with van der Waals surface area (Å²) in [5.74, 6) is 0. The summed E-state index contributed by atoms with van der Waals surface area (Å²) in [5.41, 5.74) is 1.15. The van der Waals surface area contributed by atoms with E-state index in [1.54, 1.807) is 7.11 Å². The molecule has 1 aromatic rings. The summed E-state index contributed by atoms with van der Waals surface area (Å²) in [6, 6.07) is 9.86.